The van der Waals surface area contributed by atoms with Gasteiger partial charge in [-0.05, 0) is 19.8 Å². The molecule has 1 amide bonds. The van der Waals surface area contributed by atoms with E-state index in [4.69, 9.17) is 4.74 Å². The molecule has 0 saturated carbocycles. The van der Waals surface area contributed by atoms with Crippen molar-refractivity contribution in [1.29, 1.82) is 0 Å². The van der Waals surface area contributed by atoms with E-state index in [1.54, 1.807) is 11.3 Å². The number of hydrogen-bond donors (Lipinski definition) is 1. The Morgan fingerprint density at radius 1 is 1.50 bits per heavy atom. The van der Waals surface area contributed by atoms with Gasteiger partial charge < -0.3 is 15.0 Å². The molecular formula is C14H23Cl2N3O2S. The highest BCUT2D eigenvalue weighted by molar-refractivity contribution is 7.09. The highest BCUT2D eigenvalue weighted by atomic mass is 35.5. The van der Waals surface area contributed by atoms with E-state index in [0.29, 0.717) is 12.5 Å². The van der Waals surface area contributed by atoms with E-state index < -0.39 is 0 Å². The van der Waals surface area contributed by atoms with Crippen LogP contribution in [0.15, 0.2) is 11.6 Å². The second-order valence-corrected chi connectivity index (χ2v) is 6.43. The molecule has 0 aliphatic carbocycles. The number of morpholine rings is 1. The molecular weight excluding hydrogens is 345 g/mol. The predicted octanol–water partition coefficient (Wildman–Crippen LogP) is 2.07. The summed E-state index contributed by atoms with van der Waals surface area (Å²) >= 11 is 1.69. The SMILES string of the molecule is C[C@H]1OCCN[C@@H]1C(=O)N1CCCC(c2nccs2)C1.Cl.Cl. The van der Waals surface area contributed by atoms with Crippen LogP contribution in [0, 0.1) is 0 Å². The summed E-state index contributed by atoms with van der Waals surface area (Å²) in [6.07, 6.45) is 3.98. The molecule has 22 heavy (non-hydrogen) atoms. The average Bonchev–Trinajstić information content (AvgIpc) is 3.01. The Kier molecular flexibility index (Phi) is 8.07. The zero-order chi connectivity index (χ0) is 13.9. The number of carbonyl (C=O) groups excluding carboxylic acids is 1. The monoisotopic (exact) mass is 367 g/mol. The van der Waals surface area contributed by atoms with Crippen LogP contribution in [0.2, 0.25) is 0 Å². The summed E-state index contributed by atoms with van der Waals surface area (Å²) in [5.74, 6) is 0.575. The Labute approximate surface area is 147 Å². The Bertz CT molecular complexity index is 461. The molecule has 0 bridgehead atoms. The van der Waals surface area contributed by atoms with Crippen LogP contribution in [-0.4, -0.2) is 54.2 Å². The van der Waals surface area contributed by atoms with Crippen LogP contribution in [0.3, 0.4) is 0 Å². The van der Waals surface area contributed by atoms with Crippen LogP contribution in [0.1, 0.15) is 30.7 Å². The van der Waals surface area contributed by atoms with Crippen LogP contribution < -0.4 is 5.32 Å². The Morgan fingerprint density at radius 2 is 2.32 bits per heavy atom. The number of nitrogens with one attached hydrogen (secondary N) is 1. The van der Waals surface area contributed by atoms with Gasteiger partial charge in [-0.15, -0.1) is 36.2 Å². The van der Waals surface area contributed by atoms with Crippen LogP contribution in [0.5, 0.6) is 0 Å². The van der Waals surface area contributed by atoms with Crippen molar-refractivity contribution in [2.75, 3.05) is 26.2 Å². The van der Waals surface area contributed by atoms with Gasteiger partial charge in [-0.3, -0.25) is 4.79 Å². The lowest BCUT2D eigenvalue weighted by Gasteiger charge is -2.37. The van der Waals surface area contributed by atoms with Crippen LogP contribution in [0.25, 0.3) is 0 Å². The molecule has 0 radical (unpaired) electrons. The fourth-order valence-corrected chi connectivity index (χ4v) is 3.79. The van der Waals surface area contributed by atoms with Gasteiger partial charge in [0.1, 0.15) is 6.04 Å². The van der Waals surface area contributed by atoms with Gasteiger partial charge in [-0.1, -0.05) is 0 Å². The van der Waals surface area contributed by atoms with Crippen molar-refractivity contribution in [3.8, 4) is 0 Å². The van der Waals surface area contributed by atoms with Gasteiger partial charge in [0.25, 0.3) is 0 Å². The van der Waals surface area contributed by atoms with Gasteiger partial charge in [0.15, 0.2) is 0 Å². The third kappa shape index (κ3) is 4.32. The van der Waals surface area contributed by atoms with Crippen LogP contribution in [0.4, 0.5) is 0 Å². The summed E-state index contributed by atoms with van der Waals surface area (Å²) < 4.78 is 5.58. The number of amides is 1. The topological polar surface area (TPSA) is 54.5 Å². The largest absolute Gasteiger partial charge is 0.375 e. The smallest absolute Gasteiger partial charge is 0.242 e. The maximum absolute atomic E-state index is 12.6. The van der Waals surface area contributed by atoms with Crippen LogP contribution >= 0.6 is 36.2 Å². The third-order valence-electron chi connectivity index (χ3n) is 4.12. The summed E-state index contributed by atoms with van der Waals surface area (Å²) in [6.45, 7) is 5.05. The molecule has 3 atom stereocenters. The number of nitrogens with zero attached hydrogens (tertiary/aromatic N) is 2. The maximum Gasteiger partial charge on any atom is 0.242 e. The first-order valence-corrected chi connectivity index (χ1v) is 8.17. The van der Waals surface area contributed by atoms with E-state index in [0.717, 1.165) is 37.5 Å². The number of piperidine rings is 1. The highest BCUT2D eigenvalue weighted by Crippen LogP contribution is 2.28. The van der Waals surface area contributed by atoms with E-state index in [9.17, 15) is 4.79 Å². The number of carbonyl (C=O) groups is 1. The predicted molar refractivity (Wildman–Crippen MR) is 92.4 cm³/mol. The minimum absolute atomic E-state index is 0. The molecule has 3 heterocycles. The molecule has 2 saturated heterocycles. The van der Waals surface area contributed by atoms with Crippen molar-refractivity contribution in [1.82, 2.24) is 15.2 Å². The summed E-state index contributed by atoms with van der Waals surface area (Å²) in [5, 5.41) is 6.45. The molecule has 3 rings (SSSR count). The minimum atomic E-state index is -0.196. The van der Waals surface area contributed by atoms with Crippen molar-refractivity contribution in [3.63, 3.8) is 0 Å². The lowest BCUT2D eigenvalue weighted by Crippen LogP contribution is -2.57. The van der Waals surface area contributed by atoms with E-state index in [1.165, 1.54) is 0 Å². The zero-order valence-corrected chi connectivity index (χ0v) is 15.0. The van der Waals surface area contributed by atoms with E-state index in [-0.39, 0.29) is 42.9 Å². The molecule has 8 heteroatoms. The van der Waals surface area contributed by atoms with Gasteiger partial charge in [-0.2, -0.15) is 0 Å². The standard InChI is InChI=1S/C14H21N3O2S.2ClH/c1-10-12(15-4-7-19-10)14(18)17-6-2-3-11(9-17)13-16-5-8-20-13;;/h5,8,10-12,15H,2-4,6-7,9H2,1H3;2*1H/t10-,11?,12+;;/m1../s1. The van der Waals surface area contributed by atoms with Gasteiger partial charge in [-0.25, -0.2) is 4.98 Å². The highest BCUT2D eigenvalue weighted by Gasteiger charge is 2.34. The molecule has 5 nitrogen and oxygen atoms in total. The fraction of sp³-hybridized carbons (Fsp3) is 0.714. The molecule has 0 aromatic carbocycles. The Morgan fingerprint density at radius 3 is 3.00 bits per heavy atom. The Balaban J connectivity index is 0.00000121. The lowest BCUT2D eigenvalue weighted by molar-refractivity contribution is -0.140. The number of halogens is 2. The quantitative estimate of drug-likeness (QED) is 0.869. The summed E-state index contributed by atoms with van der Waals surface area (Å²) in [7, 11) is 0. The number of ether oxygens (including phenoxy) is 1. The maximum atomic E-state index is 12.6. The second-order valence-electron chi connectivity index (χ2n) is 5.50. The van der Waals surface area contributed by atoms with Crippen molar-refractivity contribution >= 4 is 42.1 Å². The third-order valence-corrected chi connectivity index (χ3v) is 5.05. The second kappa shape index (κ2) is 9.03. The van der Waals surface area contributed by atoms with Crippen molar-refractivity contribution < 1.29 is 9.53 Å². The Hall–Kier alpha value is -0.400. The molecule has 1 unspecified atom stereocenters. The van der Waals surface area contributed by atoms with Gasteiger partial charge in [0.05, 0.1) is 17.7 Å². The molecule has 2 fully saturated rings. The van der Waals surface area contributed by atoms with Crippen molar-refractivity contribution in [2.45, 2.75) is 37.8 Å². The van der Waals surface area contributed by atoms with E-state index >= 15 is 0 Å². The fourth-order valence-electron chi connectivity index (χ4n) is 3.02. The first-order chi connectivity index (χ1) is 9.75. The number of hydrogen-bond acceptors (Lipinski definition) is 5. The van der Waals surface area contributed by atoms with E-state index in [2.05, 4.69) is 10.3 Å². The van der Waals surface area contributed by atoms with Gasteiger partial charge in [0, 0.05) is 37.1 Å². The molecule has 126 valence electrons. The number of likely N-dealkylation sites (tertiary alicyclic amines) is 1. The molecule has 1 N–H and O–H groups in total. The average molecular weight is 368 g/mol. The molecule has 2 aliphatic rings. The normalized spacial score (nSPS) is 28.4. The molecule has 2 aliphatic heterocycles. The zero-order valence-electron chi connectivity index (χ0n) is 12.6. The minimum Gasteiger partial charge on any atom is -0.375 e. The van der Waals surface area contributed by atoms with Crippen LogP contribution in [-0.2, 0) is 9.53 Å². The van der Waals surface area contributed by atoms with Crippen molar-refractivity contribution in [2.24, 2.45) is 0 Å². The molecule has 1 aromatic rings. The first-order valence-electron chi connectivity index (χ1n) is 7.29. The first kappa shape index (κ1) is 19.6. The molecule has 0 spiro atoms. The van der Waals surface area contributed by atoms with Crippen molar-refractivity contribution in [3.05, 3.63) is 16.6 Å². The number of aromatic nitrogens is 1. The van der Waals surface area contributed by atoms with Gasteiger partial charge >= 0.3 is 0 Å². The number of rotatable bonds is 2. The summed E-state index contributed by atoms with van der Waals surface area (Å²) in [5.41, 5.74) is 0. The van der Waals surface area contributed by atoms with E-state index in [1.807, 2.05) is 23.4 Å². The summed E-state index contributed by atoms with van der Waals surface area (Å²) in [4.78, 5) is 19.0. The number of thiazole rings is 1. The summed E-state index contributed by atoms with van der Waals surface area (Å²) in [6, 6.07) is -0.196. The van der Waals surface area contributed by atoms with Gasteiger partial charge in [0.2, 0.25) is 5.91 Å². The molecule has 1 aromatic heterocycles. The lowest BCUT2D eigenvalue weighted by atomic mass is 9.97.